The van der Waals surface area contributed by atoms with Gasteiger partial charge in [-0.3, -0.25) is 9.98 Å². The standard InChI is InChI=1S/C19H23N5O2/c1-13-18(3-4-19(21-2)24-13)26-16-5-7-22-17(9-16)14(10-20)11-23-15-6-8-25-12-15/h3-5,7,9-11,15H,6,8,12,20H2,1-2H3,(H,21,24)/t15-/m0/s1. The lowest BCUT2D eigenvalue weighted by atomic mass is 10.2. The van der Waals surface area contributed by atoms with Gasteiger partial charge in [0.25, 0.3) is 0 Å². The first-order chi connectivity index (χ1) is 12.7. The number of hydrogen-bond acceptors (Lipinski definition) is 7. The SMILES string of the molecule is CNc1ccc(Oc2ccnc(C(C=N[C@H]3CCOC3)=CN)c2)c(C)n1. The molecule has 136 valence electrons. The highest BCUT2D eigenvalue weighted by molar-refractivity contribution is 6.08. The van der Waals surface area contributed by atoms with Gasteiger partial charge in [0.2, 0.25) is 0 Å². The highest BCUT2D eigenvalue weighted by Gasteiger charge is 2.13. The van der Waals surface area contributed by atoms with E-state index in [9.17, 15) is 0 Å². The van der Waals surface area contributed by atoms with E-state index in [0.717, 1.165) is 30.1 Å². The molecule has 0 spiro atoms. The van der Waals surface area contributed by atoms with Gasteiger partial charge in [0.05, 0.1) is 24.0 Å². The normalized spacial score (nSPS) is 17.6. The van der Waals surface area contributed by atoms with E-state index < -0.39 is 0 Å². The van der Waals surface area contributed by atoms with Gasteiger partial charge in [-0.1, -0.05) is 0 Å². The fourth-order valence-electron chi connectivity index (χ4n) is 2.57. The van der Waals surface area contributed by atoms with Gasteiger partial charge in [-0.25, -0.2) is 4.98 Å². The molecule has 7 nitrogen and oxygen atoms in total. The molecule has 1 aliphatic rings. The van der Waals surface area contributed by atoms with Crippen molar-refractivity contribution >= 4 is 17.6 Å². The van der Waals surface area contributed by atoms with E-state index in [-0.39, 0.29) is 6.04 Å². The van der Waals surface area contributed by atoms with Crippen LogP contribution in [0.4, 0.5) is 5.82 Å². The summed E-state index contributed by atoms with van der Waals surface area (Å²) in [7, 11) is 1.83. The molecule has 7 heteroatoms. The van der Waals surface area contributed by atoms with Gasteiger partial charge in [-0.15, -0.1) is 0 Å². The molecule has 3 heterocycles. The summed E-state index contributed by atoms with van der Waals surface area (Å²) in [6, 6.07) is 7.57. The molecule has 0 radical (unpaired) electrons. The Kier molecular flexibility index (Phi) is 5.80. The van der Waals surface area contributed by atoms with Gasteiger partial charge in [-0.2, -0.15) is 0 Å². The largest absolute Gasteiger partial charge is 0.455 e. The number of anilines is 1. The average Bonchev–Trinajstić information content (AvgIpc) is 3.18. The summed E-state index contributed by atoms with van der Waals surface area (Å²) in [6.07, 6.45) is 5.87. The molecule has 1 fully saturated rings. The number of nitrogens with two attached hydrogens (primary N) is 1. The maximum absolute atomic E-state index is 5.96. The number of hydrogen-bond donors (Lipinski definition) is 2. The number of ether oxygens (including phenoxy) is 2. The van der Waals surface area contributed by atoms with E-state index in [0.29, 0.717) is 23.8 Å². The predicted octanol–water partition coefficient (Wildman–Crippen LogP) is 2.78. The van der Waals surface area contributed by atoms with Gasteiger partial charge in [-0.05, 0) is 31.5 Å². The number of aryl methyl sites for hydroxylation is 1. The third-order valence-electron chi connectivity index (χ3n) is 4.06. The lowest BCUT2D eigenvalue weighted by Gasteiger charge is -2.10. The van der Waals surface area contributed by atoms with Crippen molar-refractivity contribution in [2.24, 2.45) is 10.7 Å². The number of aliphatic imine (C=N–C) groups is 1. The van der Waals surface area contributed by atoms with Crippen LogP contribution in [0.15, 0.2) is 41.7 Å². The minimum absolute atomic E-state index is 0.184. The average molecular weight is 353 g/mol. The maximum atomic E-state index is 5.96. The first-order valence-corrected chi connectivity index (χ1v) is 8.52. The molecule has 2 aromatic heterocycles. The van der Waals surface area contributed by atoms with E-state index in [2.05, 4.69) is 20.3 Å². The van der Waals surface area contributed by atoms with Crippen molar-refractivity contribution in [2.75, 3.05) is 25.6 Å². The molecule has 0 bridgehead atoms. The zero-order valence-electron chi connectivity index (χ0n) is 15.0. The second-order valence-electron chi connectivity index (χ2n) is 5.93. The lowest BCUT2D eigenvalue weighted by Crippen LogP contribution is -2.04. The zero-order valence-corrected chi connectivity index (χ0v) is 15.0. The van der Waals surface area contributed by atoms with Crippen molar-refractivity contribution in [3.63, 3.8) is 0 Å². The molecule has 0 aliphatic carbocycles. The minimum Gasteiger partial charge on any atom is -0.455 e. The summed E-state index contributed by atoms with van der Waals surface area (Å²) in [5.41, 5.74) is 8.00. The number of aromatic nitrogens is 2. The highest BCUT2D eigenvalue weighted by atomic mass is 16.5. The van der Waals surface area contributed by atoms with Crippen molar-refractivity contribution in [1.82, 2.24) is 9.97 Å². The van der Waals surface area contributed by atoms with Crippen LogP contribution in [0.5, 0.6) is 11.5 Å². The first-order valence-electron chi connectivity index (χ1n) is 8.52. The van der Waals surface area contributed by atoms with Crippen LogP contribution in [0.1, 0.15) is 17.8 Å². The van der Waals surface area contributed by atoms with E-state index in [4.69, 9.17) is 15.2 Å². The van der Waals surface area contributed by atoms with E-state index in [1.807, 2.05) is 32.2 Å². The van der Waals surface area contributed by atoms with Gasteiger partial charge in [0.15, 0.2) is 0 Å². The predicted molar refractivity (Wildman–Crippen MR) is 103 cm³/mol. The van der Waals surface area contributed by atoms with Crippen LogP contribution in [-0.2, 0) is 4.74 Å². The molecular formula is C19H23N5O2. The molecule has 3 rings (SSSR count). The molecule has 0 amide bonds. The van der Waals surface area contributed by atoms with Crippen molar-refractivity contribution in [2.45, 2.75) is 19.4 Å². The number of nitrogens with one attached hydrogen (secondary N) is 1. The monoisotopic (exact) mass is 353 g/mol. The molecule has 0 saturated carbocycles. The van der Waals surface area contributed by atoms with Crippen molar-refractivity contribution in [3.05, 3.63) is 48.1 Å². The van der Waals surface area contributed by atoms with E-state index in [1.165, 1.54) is 6.20 Å². The van der Waals surface area contributed by atoms with Crippen LogP contribution in [0.3, 0.4) is 0 Å². The van der Waals surface area contributed by atoms with Gasteiger partial charge >= 0.3 is 0 Å². The number of allylic oxidation sites excluding steroid dienone is 1. The quantitative estimate of drug-likeness (QED) is 0.776. The van der Waals surface area contributed by atoms with Gasteiger partial charge < -0.3 is 20.5 Å². The zero-order chi connectivity index (χ0) is 18.4. The summed E-state index contributed by atoms with van der Waals surface area (Å²) >= 11 is 0. The Balaban J connectivity index is 1.76. The summed E-state index contributed by atoms with van der Waals surface area (Å²) in [4.78, 5) is 13.3. The van der Waals surface area contributed by atoms with Crippen LogP contribution < -0.4 is 15.8 Å². The maximum Gasteiger partial charge on any atom is 0.148 e. The third kappa shape index (κ3) is 4.37. The van der Waals surface area contributed by atoms with Crippen LogP contribution >= 0.6 is 0 Å². The first kappa shape index (κ1) is 17.9. The van der Waals surface area contributed by atoms with Crippen LogP contribution in [-0.4, -0.2) is 42.5 Å². The van der Waals surface area contributed by atoms with Crippen LogP contribution in [0.2, 0.25) is 0 Å². The minimum atomic E-state index is 0.184. The van der Waals surface area contributed by atoms with Gasteiger partial charge in [0, 0.05) is 43.9 Å². The molecule has 1 atom stereocenters. The fourth-order valence-corrected chi connectivity index (χ4v) is 2.57. The fraction of sp³-hybridized carbons (Fsp3) is 0.316. The molecule has 0 unspecified atom stereocenters. The summed E-state index contributed by atoms with van der Waals surface area (Å²) < 4.78 is 11.3. The molecule has 2 aromatic rings. The van der Waals surface area contributed by atoms with Crippen LogP contribution in [0.25, 0.3) is 5.57 Å². The number of nitrogens with zero attached hydrogens (tertiary/aromatic N) is 3. The second-order valence-corrected chi connectivity index (χ2v) is 5.93. The Morgan fingerprint density at radius 2 is 2.31 bits per heavy atom. The molecule has 3 N–H and O–H groups in total. The molecule has 0 aromatic carbocycles. The van der Waals surface area contributed by atoms with Crippen LogP contribution in [0, 0.1) is 6.92 Å². The Hall–Kier alpha value is -2.93. The molecule has 26 heavy (non-hydrogen) atoms. The Morgan fingerprint density at radius 3 is 3.00 bits per heavy atom. The number of pyridine rings is 2. The summed E-state index contributed by atoms with van der Waals surface area (Å²) in [6.45, 7) is 3.31. The van der Waals surface area contributed by atoms with Gasteiger partial charge in [0.1, 0.15) is 17.3 Å². The summed E-state index contributed by atoms with van der Waals surface area (Å²) in [5.74, 6) is 2.15. The number of rotatable bonds is 6. The molecule has 1 aliphatic heterocycles. The van der Waals surface area contributed by atoms with E-state index >= 15 is 0 Å². The topological polar surface area (TPSA) is 94.6 Å². The molecular weight excluding hydrogens is 330 g/mol. The van der Waals surface area contributed by atoms with Crippen molar-refractivity contribution < 1.29 is 9.47 Å². The van der Waals surface area contributed by atoms with Crippen molar-refractivity contribution in [3.8, 4) is 11.5 Å². The second kappa shape index (κ2) is 8.44. The van der Waals surface area contributed by atoms with E-state index in [1.54, 1.807) is 18.5 Å². The lowest BCUT2D eigenvalue weighted by molar-refractivity contribution is 0.194. The Morgan fingerprint density at radius 1 is 1.42 bits per heavy atom. The van der Waals surface area contributed by atoms with Crippen molar-refractivity contribution in [1.29, 1.82) is 0 Å². The summed E-state index contributed by atoms with van der Waals surface area (Å²) in [5, 5.41) is 3.01. The Labute approximate surface area is 153 Å². The highest BCUT2D eigenvalue weighted by Crippen LogP contribution is 2.26. The Bertz CT molecular complexity index is 813. The third-order valence-corrected chi connectivity index (χ3v) is 4.06. The molecule has 1 saturated heterocycles. The smallest absolute Gasteiger partial charge is 0.148 e.